The van der Waals surface area contributed by atoms with Crippen molar-refractivity contribution in [2.24, 2.45) is 0 Å². The Morgan fingerprint density at radius 3 is 2.48 bits per heavy atom. The first-order valence-electron chi connectivity index (χ1n) is 9.48. The number of aryl methyl sites for hydroxylation is 1. The summed E-state index contributed by atoms with van der Waals surface area (Å²) in [5.74, 6) is -0.0860. The lowest BCUT2D eigenvalue weighted by Gasteiger charge is -2.32. The minimum Gasteiger partial charge on any atom is -0.351 e. The van der Waals surface area contributed by atoms with Crippen LogP contribution in [0.5, 0.6) is 0 Å². The van der Waals surface area contributed by atoms with Crippen LogP contribution in [0.2, 0.25) is 5.02 Å². The highest BCUT2D eigenvalue weighted by Gasteiger charge is 2.27. The van der Waals surface area contributed by atoms with E-state index < -0.39 is 10.0 Å². The molecule has 2 aromatic carbocycles. The number of likely N-dealkylation sites (tertiary alicyclic amines) is 1. The van der Waals surface area contributed by atoms with Gasteiger partial charge in [-0.05, 0) is 56.2 Å². The number of piperidine rings is 1. The van der Waals surface area contributed by atoms with Crippen LogP contribution in [-0.2, 0) is 10.0 Å². The highest BCUT2D eigenvalue weighted by Crippen LogP contribution is 2.22. The molecule has 4 rings (SSSR count). The Kier molecular flexibility index (Phi) is 5.38. The number of hydrogen-bond donors (Lipinski definition) is 2. The molecule has 6 nitrogen and oxygen atoms in total. The van der Waals surface area contributed by atoms with Crippen molar-refractivity contribution < 1.29 is 13.2 Å². The minimum absolute atomic E-state index is 0.0860. The van der Waals surface area contributed by atoms with Crippen LogP contribution in [0.15, 0.2) is 53.4 Å². The predicted molar refractivity (Wildman–Crippen MR) is 114 cm³/mol. The van der Waals surface area contributed by atoms with E-state index in [0.29, 0.717) is 36.6 Å². The molecule has 0 spiro atoms. The maximum absolute atomic E-state index is 12.8. The van der Waals surface area contributed by atoms with Gasteiger partial charge in [0.05, 0.1) is 4.90 Å². The predicted octanol–water partition coefficient (Wildman–Crippen LogP) is 3.71. The van der Waals surface area contributed by atoms with Crippen LogP contribution in [0.3, 0.4) is 0 Å². The number of fused-ring (bicyclic) bond motifs is 1. The summed E-state index contributed by atoms with van der Waals surface area (Å²) in [6.07, 6.45) is 1.14. The van der Waals surface area contributed by atoms with E-state index in [1.54, 1.807) is 41.3 Å². The normalized spacial score (nSPS) is 15.7. The molecular weight excluding hydrogens is 410 g/mol. The van der Waals surface area contributed by atoms with Gasteiger partial charge in [0.15, 0.2) is 0 Å². The lowest BCUT2D eigenvalue weighted by atomic mass is 10.1. The summed E-state index contributed by atoms with van der Waals surface area (Å²) in [5, 5.41) is 1.51. The standard InChI is InChI=1S/C21H22ClN3O3S/c1-14-2-5-18(6-3-14)29(27,28)24-17-8-10-25(11-9-17)21(26)20-13-15-12-16(22)4-7-19(15)23-20/h2-7,12-13,17,23-24H,8-11H2,1H3. The third-order valence-corrected chi connectivity index (χ3v) is 7.02. The van der Waals surface area contributed by atoms with E-state index in [1.807, 2.05) is 19.1 Å². The first-order chi connectivity index (χ1) is 13.8. The first kappa shape index (κ1) is 19.9. The van der Waals surface area contributed by atoms with Gasteiger partial charge in [0.1, 0.15) is 5.69 Å². The Morgan fingerprint density at radius 1 is 1.10 bits per heavy atom. The molecule has 3 aromatic rings. The third-order valence-electron chi connectivity index (χ3n) is 5.25. The molecular formula is C21H22ClN3O3S. The van der Waals surface area contributed by atoms with Crippen molar-refractivity contribution in [3.05, 3.63) is 64.8 Å². The Labute approximate surface area is 174 Å². The van der Waals surface area contributed by atoms with Gasteiger partial charge in [0.2, 0.25) is 10.0 Å². The van der Waals surface area contributed by atoms with Crippen molar-refractivity contribution >= 4 is 38.4 Å². The molecule has 1 aromatic heterocycles. The molecule has 2 heterocycles. The number of sulfonamides is 1. The molecule has 29 heavy (non-hydrogen) atoms. The number of nitrogens with zero attached hydrogens (tertiary/aromatic N) is 1. The fourth-order valence-electron chi connectivity index (χ4n) is 3.59. The van der Waals surface area contributed by atoms with Crippen LogP contribution in [0.25, 0.3) is 10.9 Å². The zero-order valence-electron chi connectivity index (χ0n) is 16.0. The smallest absolute Gasteiger partial charge is 0.270 e. The Balaban J connectivity index is 1.39. The summed E-state index contributed by atoms with van der Waals surface area (Å²) in [6, 6.07) is 13.8. The van der Waals surface area contributed by atoms with Crippen molar-refractivity contribution in [3.63, 3.8) is 0 Å². The number of nitrogens with one attached hydrogen (secondary N) is 2. The summed E-state index contributed by atoms with van der Waals surface area (Å²) in [7, 11) is -3.56. The topological polar surface area (TPSA) is 82.3 Å². The summed E-state index contributed by atoms with van der Waals surface area (Å²) in [5.41, 5.74) is 2.38. The number of benzene rings is 2. The Bertz CT molecular complexity index is 1150. The molecule has 0 bridgehead atoms. The van der Waals surface area contributed by atoms with Gasteiger partial charge in [-0.25, -0.2) is 13.1 Å². The molecule has 1 aliphatic heterocycles. The van der Waals surface area contributed by atoms with Crippen LogP contribution in [-0.4, -0.2) is 43.3 Å². The van der Waals surface area contributed by atoms with Crippen molar-refractivity contribution in [3.8, 4) is 0 Å². The van der Waals surface area contributed by atoms with Gasteiger partial charge in [-0.1, -0.05) is 29.3 Å². The quantitative estimate of drug-likeness (QED) is 0.660. The molecule has 1 amide bonds. The Hall–Kier alpha value is -2.35. The van der Waals surface area contributed by atoms with E-state index in [0.717, 1.165) is 16.5 Å². The number of amides is 1. The Morgan fingerprint density at radius 2 is 1.79 bits per heavy atom. The van der Waals surface area contributed by atoms with Gasteiger partial charge in [0, 0.05) is 35.1 Å². The molecule has 8 heteroatoms. The van der Waals surface area contributed by atoms with Crippen molar-refractivity contribution in [1.29, 1.82) is 0 Å². The number of halogens is 1. The highest BCUT2D eigenvalue weighted by atomic mass is 35.5. The molecule has 0 saturated carbocycles. The van der Waals surface area contributed by atoms with E-state index in [1.165, 1.54) is 0 Å². The SMILES string of the molecule is Cc1ccc(S(=O)(=O)NC2CCN(C(=O)c3cc4cc(Cl)ccc4[nH]3)CC2)cc1. The van der Waals surface area contributed by atoms with Gasteiger partial charge in [-0.3, -0.25) is 4.79 Å². The van der Waals surface area contributed by atoms with Crippen LogP contribution < -0.4 is 4.72 Å². The maximum Gasteiger partial charge on any atom is 0.270 e. The fraction of sp³-hybridized carbons (Fsp3) is 0.286. The van der Waals surface area contributed by atoms with Crippen LogP contribution in [0.4, 0.5) is 0 Å². The van der Waals surface area contributed by atoms with Gasteiger partial charge in [-0.2, -0.15) is 0 Å². The van der Waals surface area contributed by atoms with E-state index in [-0.39, 0.29) is 16.8 Å². The van der Waals surface area contributed by atoms with Gasteiger partial charge in [0.25, 0.3) is 5.91 Å². The maximum atomic E-state index is 12.8. The van der Waals surface area contributed by atoms with Crippen LogP contribution >= 0.6 is 11.6 Å². The second-order valence-corrected chi connectivity index (χ2v) is 9.57. The van der Waals surface area contributed by atoms with E-state index in [2.05, 4.69) is 9.71 Å². The molecule has 0 unspecified atom stereocenters. The summed E-state index contributed by atoms with van der Waals surface area (Å²) < 4.78 is 27.9. The number of hydrogen-bond acceptors (Lipinski definition) is 3. The van der Waals surface area contributed by atoms with Gasteiger partial charge >= 0.3 is 0 Å². The lowest BCUT2D eigenvalue weighted by Crippen LogP contribution is -2.46. The summed E-state index contributed by atoms with van der Waals surface area (Å²) in [4.78, 5) is 18.0. The second-order valence-electron chi connectivity index (χ2n) is 7.42. The molecule has 2 N–H and O–H groups in total. The number of aromatic amines is 1. The number of aromatic nitrogens is 1. The largest absolute Gasteiger partial charge is 0.351 e. The van der Waals surface area contributed by atoms with E-state index in [4.69, 9.17) is 11.6 Å². The molecule has 1 fully saturated rings. The third kappa shape index (κ3) is 4.32. The van der Waals surface area contributed by atoms with Crippen molar-refractivity contribution in [2.75, 3.05) is 13.1 Å². The fourth-order valence-corrected chi connectivity index (χ4v) is 5.08. The van der Waals surface area contributed by atoms with Gasteiger partial charge in [-0.15, -0.1) is 0 Å². The second kappa shape index (κ2) is 7.82. The van der Waals surface area contributed by atoms with Crippen molar-refractivity contribution in [2.45, 2.75) is 30.7 Å². The van der Waals surface area contributed by atoms with Crippen LogP contribution in [0.1, 0.15) is 28.9 Å². The zero-order valence-corrected chi connectivity index (χ0v) is 17.6. The average molecular weight is 432 g/mol. The average Bonchev–Trinajstić information content (AvgIpc) is 3.11. The molecule has 152 valence electrons. The zero-order chi connectivity index (χ0) is 20.6. The summed E-state index contributed by atoms with van der Waals surface area (Å²) >= 11 is 6.01. The number of rotatable bonds is 4. The number of carbonyl (C=O) groups excluding carboxylic acids is 1. The number of carbonyl (C=O) groups is 1. The monoisotopic (exact) mass is 431 g/mol. The minimum atomic E-state index is -3.56. The highest BCUT2D eigenvalue weighted by molar-refractivity contribution is 7.89. The molecule has 1 saturated heterocycles. The molecule has 0 atom stereocenters. The van der Waals surface area contributed by atoms with Crippen LogP contribution in [0, 0.1) is 6.92 Å². The van der Waals surface area contributed by atoms with Gasteiger partial charge < -0.3 is 9.88 Å². The number of H-pyrrole nitrogens is 1. The van der Waals surface area contributed by atoms with E-state index in [9.17, 15) is 13.2 Å². The first-order valence-corrected chi connectivity index (χ1v) is 11.3. The molecule has 0 radical (unpaired) electrons. The lowest BCUT2D eigenvalue weighted by molar-refractivity contribution is 0.0706. The summed E-state index contributed by atoms with van der Waals surface area (Å²) in [6.45, 7) is 2.91. The molecule has 1 aliphatic rings. The van der Waals surface area contributed by atoms with E-state index >= 15 is 0 Å². The van der Waals surface area contributed by atoms with Crippen molar-refractivity contribution in [1.82, 2.24) is 14.6 Å². The molecule has 0 aliphatic carbocycles.